The van der Waals surface area contributed by atoms with Crippen molar-refractivity contribution in [3.05, 3.63) is 23.8 Å². The molecule has 0 unspecified atom stereocenters. The molecule has 1 aromatic carbocycles. The molecule has 0 aromatic heterocycles. The van der Waals surface area contributed by atoms with Crippen LogP contribution in [0.3, 0.4) is 0 Å². The predicted molar refractivity (Wildman–Crippen MR) is 72.1 cm³/mol. The summed E-state index contributed by atoms with van der Waals surface area (Å²) < 4.78 is 10.7. The summed E-state index contributed by atoms with van der Waals surface area (Å²) in [5.41, 5.74) is 6.52. The normalized spacial score (nSPS) is 14.0. The van der Waals surface area contributed by atoms with Gasteiger partial charge in [0.1, 0.15) is 0 Å². The minimum Gasteiger partial charge on any atom is -0.493 e. The van der Waals surface area contributed by atoms with Crippen molar-refractivity contribution in [3.63, 3.8) is 0 Å². The zero-order valence-corrected chi connectivity index (χ0v) is 11.1. The van der Waals surface area contributed by atoms with Gasteiger partial charge in [-0.15, -0.1) is 0 Å². The largest absolute Gasteiger partial charge is 0.493 e. The first-order valence-corrected chi connectivity index (χ1v) is 6.49. The van der Waals surface area contributed by atoms with Crippen molar-refractivity contribution in [2.75, 3.05) is 20.3 Å². The zero-order chi connectivity index (χ0) is 13.7. The van der Waals surface area contributed by atoms with E-state index in [0.29, 0.717) is 24.0 Å². The Kier molecular flexibility index (Phi) is 4.63. The third kappa shape index (κ3) is 4.13. The van der Waals surface area contributed by atoms with Crippen LogP contribution in [-0.4, -0.2) is 26.2 Å². The first-order chi connectivity index (χ1) is 9.22. The van der Waals surface area contributed by atoms with E-state index in [1.54, 1.807) is 19.2 Å². The Morgan fingerprint density at radius 3 is 2.84 bits per heavy atom. The molecule has 1 aliphatic carbocycles. The maximum Gasteiger partial charge on any atom is 0.257 e. The summed E-state index contributed by atoms with van der Waals surface area (Å²) in [6, 6.07) is 5.46. The standard InChI is InChI=1S/C14H20N2O3/c1-18-12-5-4-11(7-15)6-13(12)19-9-14(17)16-8-10-2-3-10/h4-6,10H,2-3,7-9,15H2,1H3,(H,16,17). The highest BCUT2D eigenvalue weighted by Crippen LogP contribution is 2.28. The van der Waals surface area contributed by atoms with Gasteiger partial charge in [-0.2, -0.15) is 0 Å². The summed E-state index contributed by atoms with van der Waals surface area (Å²) in [7, 11) is 1.57. The molecule has 0 atom stereocenters. The molecule has 5 nitrogen and oxygen atoms in total. The van der Waals surface area contributed by atoms with Crippen LogP contribution in [0.25, 0.3) is 0 Å². The summed E-state index contributed by atoms with van der Waals surface area (Å²) in [6.45, 7) is 1.17. The van der Waals surface area contributed by atoms with Crippen LogP contribution in [0.2, 0.25) is 0 Å². The van der Waals surface area contributed by atoms with Gasteiger partial charge in [-0.05, 0) is 36.5 Å². The fourth-order valence-electron chi connectivity index (χ4n) is 1.74. The van der Waals surface area contributed by atoms with Crippen LogP contribution in [0.15, 0.2) is 18.2 Å². The molecule has 1 aromatic rings. The molecule has 5 heteroatoms. The van der Waals surface area contributed by atoms with Gasteiger partial charge in [0.15, 0.2) is 18.1 Å². The molecule has 0 aliphatic heterocycles. The first kappa shape index (κ1) is 13.7. The van der Waals surface area contributed by atoms with Crippen LogP contribution in [0.4, 0.5) is 0 Å². The van der Waals surface area contributed by atoms with Gasteiger partial charge in [-0.1, -0.05) is 6.07 Å². The molecule has 0 spiro atoms. The molecule has 0 heterocycles. The Morgan fingerprint density at radius 2 is 2.21 bits per heavy atom. The zero-order valence-electron chi connectivity index (χ0n) is 11.1. The molecular formula is C14H20N2O3. The van der Waals surface area contributed by atoms with Crippen LogP contribution in [0.5, 0.6) is 11.5 Å². The molecule has 1 aliphatic rings. The molecule has 1 amide bonds. The highest BCUT2D eigenvalue weighted by atomic mass is 16.5. The van der Waals surface area contributed by atoms with Crippen LogP contribution < -0.4 is 20.5 Å². The number of benzene rings is 1. The van der Waals surface area contributed by atoms with E-state index >= 15 is 0 Å². The Morgan fingerprint density at radius 1 is 1.42 bits per heavy atom. The van der Waals surface area contributed by atoms with Gasteiger partial charge in [0.05, 0.1) is 7.11 Å². The smallest absolute Gasteiger partial charge is 0.257 e. The van der Waals surface area contributed by atoms with E-state index in [0.717, 1.165) is 12.1 Å². The topological polar surface area (TPSA) is 73.6 Å². The Bertz CT molecular complexity index is 444. The molecule has 2 rings (SSSR count). The van der Waals surface area contributed by atoms with E-state index in [9.17, 15) is 4.79 Å². The lowest BCUT2D eigenvalue weighted by Crippen LogP contribution is -2.30. The number of hydrogen-bond donors (Lipinski definition) is 2. The van der Waals surface area contributed by atoms with Crippen molar-refractivity contribution in [3.8, 4) is 11.5 Å². The summed E-state index contributed by atoms with van der Waals surface area (Å²) in [5, 5.41) is 2.85. The monoisotopic (exact) mass is 264 g/mol. The molecule has 19 heavy (non-hydrogen) atoms. The minimum atomic E-state index is -0.105. The quantitative estimate of drug-likeness (QED) is 0.772. The SMILES string of the molecule is COc1ccc(CN)cc1OCC(=O)NCC1CC1. The average molecular weight is 264 g/mol. The third-order valence-electron chi connectivity index (χ3n) is 3.11. The van der Waals surface area contributed by atoms with Gasteiger partial charge < -0.3 is 20.5 Å². The lowest BCUT2D eigenvalue weighted by atomic mass is 10.2. The van der Waals surface area contributed by atoms with Crippen LogP contribution in [0, 0.1) is 5.92 Å². The van der Waals surface area contributed by atoms with E-state index in [2.05, 4.69) is 5.32 Å². The maximum atomic E-state index is 11.6. The van der Waals surface area contributed by atoms with Crippen molar-refractivity contribution in [1.29, 1.82) is 0 Å². The van der Waals surface area contributed by atoms with E-state index in [-0.39, 0.29) is 12.5 Å². The lowest BCUT2D eigenvalue weighted by molar-refractivity contribution is -0.123. The van der Waals surface area contributed by atoms with Crippen molar-refractivity contribution in [2.45, 2.75) is 19.4 Å². The Hall–Kier alpha value is -1.75. The molecule has 104 valence electrons. The lowest BCUT2D eigenvalue weighted by Gasteiger charge is -2.12. The first-order valence-electron chi connectivity index (χ1n) is 6.49. The summed E-state index contributed by atoms with van der Waals surface area (Å²) >= 11 is 0. The van der Waals surface area contributed by atoms with Crippen molar-refractivity contribution >= 4 is 5.91 Å². The number of ether oxygens (including phenoxy) is 2. The number of hydrogen-bond acceptors (Lipinski definition) is 4. The number of carbonyl (C=O) groups excluding carboxylic acids is 1. The molecule has 0 radical (unpaired) electrons. The van der Waals surface area contributed by atoms with Crippen molar-refractivity contribution in [2.24, 2.45) is 11.7 Å². The molecule has 0 bridgehead atoms. The van der Waals surface area contributed by atoms with Crippen LogP contribution in [-0.2, 0) is 11.3 Å². The second kappa shape index (κ2) is 6.43. The van der Waals surface area contributed by atoms with Gasteiger partial charge in [-0.25, -0.2) is 0 Å². The number of methoxy groups -OCH3 is 1. The second-order valence-electron chi connectivity index (χ2n) is 4.73. The second-order valence-corrected chi connectivity index (χ2v) is 4.73. The maximum absolute atomic E-state index is 11.6. The highest BCUT2D eigenvalue weighted by Gasteiger charge is 2.21. The fourth-order valence-corrected chi connectivity index (χ4v) is 1.74. The van der Waals surface area contributed by atoms with Crippen molar-refractivity contribution < 1.29 is 14.3 Å². The third-order valence-corrected chi connectivity index (χ3v) is 3.11. The van der Waals surface area contributed by atoms with Crippen molar-refractivity contribution in [1.82, 2.24) is 5.32 Å². The van der Waals surface area contributed by atoms with Gasteiger partial charge in [0.2, 0.25) is 0 Å². The van der Waals surface area contributed by atoms with E-state index < -0.39 is 0 Å². The van der Waals surface area contributed by atoms with Crippen LogP contribution >= 0.6 is 0 Å². The van der Waals surface area contributed by atoms with Gasteiger partial charge in [-0.3, -0.25) is 4.79 Å². The molecule has 3 N–H and O–H groups in total. The van der Waals surface area contributed by atoms with Gasteiger partial charge in [0, 0.05) is 13.1 Å². The van der Waals surface area contributed by atoms with Crippen LogP contribution in [0.1, 0.15) is 18.4 Å². The fraction of sp³-hybridized carbons (Fsp3) is 0.500. The molecule has 1 saturated carbocycles. The summed E-state index contributed by atoms with van der Waals surface area (Å²) in [6.07, 6.45) is 2.43. The van der Waals surface area contributed by atoms with E-state index in [1.165, 1.54) is 12.8 Å². The predicted octanol–water partition coefficient (Wildman–Crippen LogP) is 1.06. The summed E-state index contributed by atoms with van der Waals surface area (Å²) in [5.74, 6) is 1.71. The molecule has 1 fully saturated rings. The molecular weight excluding hydrogens is 244 g/mol. The minimum absolute atomic E-state index is 0.00287. The summed E-state index contributed by atoms with van der Waals surface area (Å²) in [4.78, 5) is 11.6. The van der Waals surface area contributed by atoms with E-state index in [1.807, 2.05) is 6.07 Å². The number of amides is 1. The number of nitrogens with two attached hydrogens (primary N) is 1. The highest BCUT2D eigenvalue weighted by molar-refractivity contribution is 5.77. The number of carbonyl (C=O) groups is 1. The van der Waals surface area contributed by atoms with E-state index in [4.69, 9.17) is 15.2 Å². The van der Waals surface area contributed by atoms with Gasteiger partial charge in [0.25, 0.3) is 5.91 Å². The number of nitrogens with one attached hydrogen (secondary N) is 1. The average Bonchev–Trinajstić information content (AvgIpc) is 3.26. The number of rotatable bonds is 7. The molecule has 0 saturated heterocycles. The Labute approximate surface area is 113 Å². The Balaban J connectivity index is 1.87. The van der Waals surface area contributed by atoms with Gasteiger partial charge >= 0.3 is 0 Å².